The molecule has 17 heteroatoms. The lowest BCUT2D eigenvalue weighted by Crippen LogP contribution is -2.51. The fourth-order valence-corrected chi connectivity index (χ4v) is 8.54. The molecular weight excluding hydrogens is 745 g/mol. The number of rotatable bonds is 10. The first kappa shape index (κ1) is 35.5. The molecule has 0 radical (unpaired) electrons. The Labute approximate surface area is 319 Å². The van der Waals surface area contributed by atoms with Gasteiger partial charge in [-0.3, -0.25) is 9.78 Å². The topological polar surface area (TPSA) is 177 Å². The van der Waals surface area contributed by atoms with Crippen LogP contribution in [-0.4, -0.2) is 86.9 Å². The Balaban J connectivity index is 0.970. The predicted molar refractivity (Wildman–Crippen MR) is 201 cm³/mol. The summed E-state index contributed by atoms with van der Waals surface area (Å²) >= 11 is 0. The number of piperazine rings is 1. The molecule has 2 bridgehead atoms. The molecule has 284 valence electrons. The molecule has 14 nitrogen and oxygen atoms in total. The minimum absolute atomic E-state index is 0.00606. The molecule has 6 aromatic rings. The van der Waals surface area contributed by atoms with Crippen molar-refractivity contribution in [2.45, 2.75) is 48.6 Å². The second-order valence-corrected chi connectivity index (χ2v) is 15.9. The number of carbonyl (C=O) groups is 1. The second-order valence-electron chi connectivity index (χ2n) is 14.1. The summed E-state index contributed by atoms with van der Waals surface area (Å²) in [5.41, 5.74) is -0.00266. The number of benzene rings is 3. The number of terminal acetylenes is 1. The first-order valence-electron chi connectivity index (χ1n) is 18.1. The zero-order valence-corrected chi connectivity index (χ0v) is 30.4. The Morgan fingerprint density at radius 1 is 1.05 bits per heavy atom. The fraction of sp³-hybridized carbons (Fsp3) is 0.282. The number of phenols is 1. The molecule has 3 N–H and O–H groups in total. The number of hydrogen-bond acceptors (Lipinski definition) is 12. The molecule has 2 aliphatic heterocycles. The van der Waals surface area contributed by atoms with Gasteiger partial charge in [-0.2, -0.15) is 18.4 Å². The fourth-order valence-electron chi connectivity index (χ4n) is 7.46. The van der Waals surface area contributed by atoms with E-state index in [0.717, 1.165) is 42.2 Å². The number of ether oxygens (including phenoxy) is 1. The van der Waals surface area contributed by atoms with Crippen molar-refractivity contribution in [1.29, 1.82) is 0 Å². The number of halogens is 2. The van der Waals surface area contributed by atoms with Crippen molar-refractivity contribution in [2.75, 3.05) is 31.1 Å². The Morgan fingerprint density at radius 2 is 1.86 bits per heavy atom. The van der Waals surface area contributed by atoms with Gasteiger partial charge in [-0.1, -0.05) is 30.2 Å². The SMILES string of the molecule is C#Cc1c(F)ccc2cccc(-c3ncc4c(N5CC6CCC(C5)N6)nc(OCCNC(=O)c5ccc(S(=O)(=O)n6cnc(C7CC7)n6)cc5O)nc4c3F)c12. The molecule has 0 spiro atoms. The zero-order valence-electron chi connectivity index (χ0n) is 29.6. The Morgan fingerprint density at radius 3 is 2.61 bits per heavy atom. The van der Waals surface area contributed by atoms with E-state index in [1.807, 2.05) is 0 Å². The standard InChI is InChI=1S/C39H33F2N9O5S/c1-2-26-30(40)13-8-21-4-3-5-28(32(21)26)34-33(41)35-29(17-43-34)37(49-18-23-9-10-24(19-49)45-23)47-39(46-35)55-15-14-42-38(52)27-12-11-25(16-31(27)51)56(53,54)50-20-44-36(48-50)22-6-7-22/h1,3-5,8,11-13,16-17,20,22-24,45,51H,6-7,9-10,14-15,18-19H2,(H,42,52). The van der Waals surface area contributed by atoms with Gasteiger partial charge in [0.15, 0.2) is 11.6 Å². The predicted octanol–water partition coefficient (Wildman–Crippen LogP) is 4.27. The maximum absolute atomic E-state index is 16.8. The van der Waals surface area contributed by atoms with Crippen LogP contribution in [0.3, 0.4) is 0 Å². The van der Waals surface area contributed by atoms with E-state index < -0.39 is 33.3 Å². The number of phenolic OH excluding ortho intramolecular Hbond substituents is 1. The number of aromatic hydroxyl groups is 1. The van der Waals surface area contributed by atoms with Crippen LogP contribution in [0.25, 0.3) is 32.9 Å². The maximum Gasteiger partial charge on any atom is 0.319 e. The first-order chi connectivity index (χ1) is 27.1. The summed E-state index contributed by atoms with van der Waals surface area (Å²) in [6.45, 7) is 1.04. The average Bonchev–Trinajstić information content (AvgIpc) is 3.82. The van der Waals surface area contributed by atoms with E-state index in [-0.39, 0.29) is 64.4 Å². The van der Waals surface area contributed by atoms with Crippen LogP contribution in [0.1, 0.15) is 53.3 Å². The molecule has 1 aliphatic carbocycles. The number of nitrogens with zero attached hydrogens (tertiary/aromatic N) is 7. The summed E-state index contributed by atoms with van der Waals surface area (Å²) in [6, 6.07) is 11.6. The molecular formula is C39H33F2N9O5S. The molecule has 1 amide bonds. The van der Waals surface area contributed by atoms with Gasteiger partial charge in [0, 0.05) is 54.3 Å². The highest BCUT2D eigenvalue weighted by Crippen LogP contribution is 2.39. The number of carbonyl (C=O) groups excluding carboxylic acids is 1. The number of fused-ring (bicyclic) bond motifs is 4. The maximum atomic E-state index is 16.8. The summed E-state index contributed by atoms with van der Waals surface area (Å²) < 4.78 is 64.4. The van der Waals surface area contributed by atoms with Gasteiger partial charge in [-0.05, 0) is 49.3 Å². The van der Waals surface area contributed by atoms with Crippen molar-refractivity contribution >= 4 is 43.4 Å². The number of aromatic nitrogens is 6. The molecule has 2 unspecified atom stereocenters. The van der Waals surface area contributed by atoms with E-state index in [2.05, 4.69) is 46.5 Å². The smallest absolute Gasteiger partial charge is 0.319 e. The monoisotopic (exact) mass is 777 g/mol. The number of anilines is 1. The normalized spacial score (nSPS) is 18.0. The lowest BCUT2D eigenvalue weighted by molar-refractivity contribution is 0.0943. The Bertz CT molecular complexity index is 2720. The highest BCUT2D eigenvalue weighted by Gasteiger charge is 2.35. The summed E-state index contributed by atoms with van der Waals surface area (Å²) in [5, 5.41) is 22.2. The summed E-state index contributed by atoms with van der Waals surface area (Å²) in [4.78, 5) is 32.5. The zero-order chi connectivity index (χ0) is 38.7. The molecule has 1 saturated carbocycles. The van der Waals surface area contributed by atoms with Gasteiger partial charge in [0.1, 0.15) is 41.5 Å². The highest BCUT2D eigenvalue weighted by atomic mass is 32.2. The van der Waals surface area contributed by atoms with Crippen molar-refractivity contribution < 1.29 is 31.8 Å². The molecule has 5 heterocycles. The Hall–Kier alpha value is -6.25. The third kappa shape index (κ3) is 6.30. The van der Waals surface area contributed by atoms with Crippen LogP contribution < -0.4 is 20.3 Å². The molecule has 9 rings (SSSR count). The molecule has 2 atom stereocenters. The molecule has 3 fully saturated rings. The van der Waals surface area contributed by atoms with Crippen LogP contribution in [-0.2, 0) is 10.0 Å². The van der Waals surface area contributed by atoms with Crippen molar-refractivity contribution in [3.05, 3.63) is 89.6 Å². The van der Waals surface area contributed by atoms with E-state index in [9.17, 15) is 22.7 Å². The summed E-state index contributed by atoms with van der Waals surface area (Å²) in [5.74, 6) is 0.802. The lowest BCUT2D eigenvalue weighted by Gasteiger charge is -2.34. The van der Waals surface area contributed by atoms with Crippen LogP contribution in [0.15, 0.2) is 66.0 Å². The van der Waals surface area contributed by atoms with Crippen molar-refractivity contribution in [2.24, 2.45) is 0 Å². The molecule has 3 aliphatic rings. The van der Waals surface area contributed by atoms with Gasteiger partial charge in [0.05, 0.1) is 28.0 Å². The summed E-state index contributed by atoms with van der Waals surface area (Å²) in [6.07, 6.45) is 12.1. The van der Waals surface area contributed by atoms with Crippen LogP contribution in [0.4, 0.5) is 14.6 Å². The van der Waals surface area contributed by atoms with Gasteiger partial charge >= 0.3 is 6.01 Å². The van der Waals surface area contributed by atoms with Gasteiger partial charge in [-0.25, -0.2) is 13.8 Å². The van der Waals surface area contributed by atoms with Gasteiger partial charge in [-0.15, -0.1) is 15.6 Å². The van der Waals surface area contributed by atoms with E-state index in [1.165, 1.54) is 24.4 Å². The van der Waals surface area contributed by atoms with Crippen LogP contribution in [0, 0.1) is 24.0 Å². The third-order valence-electron chi connectivity index (χ3n) is 10.4. The molecule has 3 aromatic carbocycles. The largest absolute Gasteiger partial charge is 0.507 e. The minimum atomic E-state index is -4.15. The lowest BCUT2D eigenvalue weighted by atomic mass is 9.96. The van der Waals surface area contributed by atoms with Crippen LogP contribution in [0.5, 0.6) is 11.8 Å². The number of hydrogen-bond donors (Lipinski definition) is 3. The highest BCUT2D eigenvalue weighted by molar-refractivity contribution is 7.89. The number of nitrogens with one attached hydrogen (secondary N) is 2. The van der Waals surface area contributed by atoms with E-state index in [0.29, 0.717) is 46.5 Å². The first-order valence-corrected chi connectivity index (χ1v) is 19.5. The van der Waals surface area contributed by atoms with Crippen LogP contribution in [0.2, 0.25) is 0 Å². The van der Waals surface area contributed by atoms with Gasteiger partial charge < -0.3 is 25.4 Å². The third-order valence-corrected chi connectivity index (χ3v) is 11.9. The van der Waals surface area contributed by atoms with Gasteiger partial charge in [0.25, 0.3) is 15.9 Å². The van der Waals surface area contributed by atoms with Crippen molar-refractivity contribution in [1.82, 2.24) is 39.8 Å². The van der Waals surface area contributed by atoms with Crippen LogP contribution >= 0.6 is 0 Å². The molecule has 3 aromatic heterocycles. The van der Waals surface area contributed by atoms with E-state index in [4.69, 9.17) is 11.2 Å². The number of amides is 1. The van der Waals surface area contributed by atoms with Gasteiger partial charge in [0.2, 0.25) is 0 Å². The van der Waals surface area contributed by atoms with E-state index >= 15 is 4.39 Å². The number of pyridine rings is 1. The average molecular weight is 778 g/mol. The van der Waals surface area contributed by atoms with E-state index in [1.54, 1.807) is 24.3 Å². The quantitative estimate of drug-likeness (QED) is 0.133. The minimum Gasteiger partial charge on any atom is -0.507 e. The van der Waals surface area contributed by atoms with Crippen molar-refractivity contribution in [3.63, 3.8) is 0 Å². The summed E-state index contributed by atoms with van der Waals surface area (Å²) in [7, 11) is -4.15. The molecule has 56 heavy (non-hydrogen) atoms. The molecule has 2 saturated heterocycles. The van der Waals surface area contributed by atoms with Crippen molar-refractivity contribution in [3.8, 4) is 35.4 Å². The Kier molecular flexibility index (Phi) is 8.74. The second kappa shape index (κ2) is 13.8.